The highest BCUT2D eigenvalue weighted by Crippen LogP contribution is 2.46. The van der Waals surface area contributed by atoms with Crippen molar-refractivity contribution in [3.63, 3.8) is 0 Å². The molecule has 0 aromatic heterocycles. The van der Waals surface area contributed by atoms with Gasteiger partial charge in [0.1, 0.15) is 0 Å². The first kappa shape index (κ1) is 24.8. The fraction of sp³-hybridized carbons (Fsp3) is 0.650. The van der Waals surface area contributed by atoms with E-state index >= 15 is 0 Å². The van der Waals surface area contributed by atoms with Crippen molar-refractivity contribution in [1.82, 2.24) is 5.32 Å². The summed E-state index contributed by atoms with van der Waals surface area (Å²) >= 11 is 0. The first-order valence-electron chi connectivity index (χ1n) is 9.05. The Morgan fingerprint density at radius 3 is 2.00 bits per heavy atom. The number of carbonyl (C=O) groups excluding carboxylic acids is 1. The van der Waals surface area contributed by atoms with E-state index in [9.17, 15) is 9.36 Å². The SMILES string of the molecule is COP(=O)(CC(/C=C(\C)CC/C=C(\C)CCC=C(C)C)NC(C)=O)OC. The smallest absolute Gasteiger partial charge is 0.332 e. The molecule has 0 aromatic carbocycles. The molecule has 150 valence electrons. The third-order valence-corrected chi connectivity index (χ3v) is 5.93. The van der Waals surface area contributed by atoms with Crippen molar-refractivity contribution in [1.29, 1.82) is 0 Å². The van der Waals surface area contributed by atoms with Gasteiger partial charge in [-0.3, -0.25) is 9.36 Å². The Balaban J connectivity index is 4.75. The van der Waals surface area contributed by atoms with Crippen LogP contribution >= 0.6 is 7.60 Å². The lowest BCUT2D eigenvalue weighted by Crippen LogP contribution is -2.34. The van der Waals surface area contributed by atoms with Crippen molar-refractivity contribution in [3.8, 4) is 0 Å². The molecule has 0 saturated carbocycles. The first-order valence-corrected chi connectivity index (χ1v) is 10.8. The van der Waals surface area contributed by atoms with Gasteiger partial charge in [-0.05, 0) is 53.4 Å². The van der Waals surface area contributed by atoms with Crippen molar-refractivity contribution in [2.45, 2.75) is 66.3 Å². The lowest BCUT2D eigenvalue weighted by molar-refractivity contribution is -0.119. The molecule has 6 heteroatoms. The molecule has 0 radical (unpaired) electrons. The van der Waals surface area contributed by atoms with E-state index < -0.39 is 7.60 Å². The highest BCUT2D eigenvalue weighted by Gasteiger charge is 2.26. The molecule has 0 heterocycles. The second-order valence-electron chi connectivity index (χ2n) is 6.89. The molecule has 1 atom stereocenters. The maximum atomic E-state index is 12.3. The molecule has 0 aliphatic heterocycles. The summed E-state index contributed by atoms with van der Waals surface area (Å²) in [6.07, 6.45) is 10.6. The maximum absolute atomic E-state index is 12.3. The van der Waals surface area contributed by atoms with Crippen LogP contribution in [0.3, 0.4) is 0 Å². The van der Waals surface area contributed by atoms with Gasteiger partial charge in [-0.1, -0.05) is 34.9 Å². The van der Waals surface area contributed by atoms with Crippen LogP contribution in [0.25, 0.3) is 0 Å². The summed E-state index contributed by atoms with van der Waals surface area (Å²) < 4.78 is 22.3. The summed E-state index contributed by atoms with van der Waals surface area (Å²) in [5.74, 6) is -0.173. The van der Waals surface area contributed by atoms with Crippen LogP contribution in [0, 0.1) is 0 Å². The van der Waals surface area contributed by atoms with Crippen molar-refractivity contribution in [2.24, 2.45) is 0 Å². The topological polar surface area (TPSA) is 64.6 Å². The third kappa shape index (κ3) is 12.2. The number of allylic oxidation sites excluding steroid dienone is 5. The Kier molecular flexibility index (Phi) is 12.5. The van der Waals surface area contributed by atoms with Crippen LogP contribution in [0.15, 0.2) is 34.9 Å². The average Bonchev–Trinajstić information content (AvgIpc) is 2.53. The third-order valence-electron chi connectivity index (χ3n) is 3.97. The fourth-order valence-corrected chi connectivity index (χ4v) is 3.65. The standard InChI is InChI=1S/C20H36NO4P/c1-16(2)10-8-11-17(3)12-9-13-18(4)14-20(21-19(5)22)15-26(23,24-6)25-7/h10,12,14,20H,8-9,11,13,15H2,1-7H3,(H,21,22)/b17-12+,18-14+. The molecule has 0 fully saturated rings. The van der Waals surface area contributed by atoms with Gasteiger partial charge in [0.25, 0.3) is 0 Å². The summed E-state index contributed by atoms with van der Waals surface area (Å²) in [5.41, 5.74) is 3.87. The fourth-order valence-electron chi connectivity index (χ4n) is 2.53. The number of carbonyl (C=O) groups is 1. The van der Waals surface area contributed by atoms with Crippen LogP contribution in [0.2, 0.25) is 0 Å². The quantitative estimate of drug-likeness (QED) is 0.361. The average molecular weight is 385 g/mol. The van der Waals surface area contributed by atoms with Crippen molar-refractivity contribution < 1.29 is 18.4 Å². The van der Waals surface area contributed by atoms with E-state index in [4.69, 9.17) is 9.05 Å². The normalized spacial score (nSPS) is 14.1. The summed E-state index contributed by atoms with van der Waals surface area (Å²) in [5, 5.41) is 2.80. The van der Waals surface area contributed by atoms with E-state index in [-0.39, 0.29) is 18.1 Å². The van der Waals surface area contributed by atoms with Gasteiger partial charge >= 0.3 is 7.60 Å². The lowest BCUT2D eigenvalue weighted by Gasteiger charge is -2.20. The molecular weight excluding hydrogens is 349 g/mol. The minimum absolute atomic E-state index is 0.120. The van der Waals surface area contributed by atoms with Gasteiger partial charge in [-0.2, -0.15) is 0 Å². The van der Waals surface area contributed by atoms with Gasteiger partial charge in [0, 0.05) is 21.1 Å². The minimum Gasteiger partial charge on any atom is -0.349 e. The van der Waals surface area contributed by atoms with Gasteiger partial charge in [0.05, 0.1) is 12.2 Å². The predicted molar refractivity (Wildman–Crippen MR) is 110 cm³/mol. The van der Waals surface area contributed by atoms with E-state index in [1.54, 1.807) is 0 Å². The molecule has 0 spiro atoms. The lowest BCUT2D eigenvalue weighted by atomic mass is 10.1. The molecule has 0 aliphatic carbocycles. The molecule has 0 saturated heterocycles. The highest BCUT2D eigenvalue weighted by atomic mass is 31.2. The number of hydrogen-bond donors (Lipinski definition) is 1. The molecule has 1 N–H and O–H groups in total. The Morgan fingerprint density at radius 1 is 0.962 bits per heavy atom. The molecule has 26 heavy (non-hydrogen) atoms. The molecule has 0 aromatic rings. The van der Waals surface area contributed by atoms with E-state index in [0.29, 0.717) is 0 Å². The van der Waals surface area contributed by atoms with Crippen LogP contribution in [0.5, 0.6) is 0 Å². The van der Waals surface area contributed by atoms with Crippen LogP contribution in [0.1, 0.15) is 60.3 Å². The second-order valence-corrected chi connectivity index (χ2v) is 9.21. The zero-order valence-electron chi connectivity index (χ0n) is 17.4. The maximum Gasteiger partial charge on any atom is 0.332 e. The molecule has 0 aliphatic rings. The molecular formula is C20H36NO4P. The number of hydrogen-bond acceptors (Lipinski definition) is 4. The Labute approximate surface area is 159 Å². The molecule has 1 unspecified atom stereocenters. The number of rotatable bonds is 12. The minimum atomic E-state index is -3.19. The first-order chi connectivity index (χ1) is 12.1. The Hall–Kier alpha value is -1.16. The van der Waals surface area contributed by atoms with Gasteiger partial charge in [0.15, 0.2) is 0 Å². The largest absolute Gasteiger partial charge is 0.349 e. The van der Waals surface area contributed by atoms with Gasteiger partial charge in [0.2, 0.25) is 5.91 Å². The van der Waals surface area contributed by atoms with Crippen molar-refractivity contribution >= 4 is 13.5 Å². The zero-order valence-corrected chi connectivity index (χ0v) is 18.3. The van der Waals surface area contributed by atoms with Crippen molar-refractivity contribution in [2.75, 3.05) is 20.4 Å². The van der Waals surface area contributed by atoms with E-state index in [1.807, 2.05) is 13.0 Å². The van der Waals surface area contributed by atoms with Gasteiger partial charge < -0.3 is 14.4 Å². The molecule has 0 rings (SSSR count). The molecule has 1 amide bonds. The summed E-state index contributed by atoms with van der Waals surface area (Å²) in [4.78, 5) is 11.4. The van der Waals surface area contributed by atoms with Crippen LogP contribution < -0.4 is 5.32 Å². The second kappa shape index (κ2) is 13.1. The Morgan fingerprint density at radius 2 is 1.50 bits per heavy atom. The van der Waals surface area contributed by atoms with Crippen LogP contribution in [-0.2, 0) is 18.4 Å². The zero-order chi connectivity index (χ0) is 20.2. The Bertz CT molecular complexity index is 566. The van der Waals surface area contributed by atoms with E-state index in [2.05, 4.69) is 38.2 Å². The molecule has 0 bridgehead atoms. The van der Waals surface area contributed by atoms with E-state index in [1.165, 1.54) is 32.3 Å². The molecule has 5 nitrogen and oxygen atoms in total. The van der Waals surface area contributed by atoms with Gasteiger partial charge in [-0.15, -0.1) is 0 Å². The number of nitrogens with one attached hydrogen (secondary N) is 1. The highest BCUT2D eigenvalue weighted by molar-refractivity contribution is 7.53. The predicted octanol–water partition coefficient (Wildman–Crippen LogP) is 5.40. The van der Waals surface area contributed by atoms with Crippen LogP contribution in [-0.4, -0.2) is 32.3 Å². The summed E-state index contributed by atoms with van der Waals surface area (Å²) in [6, 6.07) is -0.374. The van der Waals surface area contributed by atoms with Crippen molar-refractivity contribution in [3.05, 3.63) is 34.9 Å². The van der Waals surface area contributed by atoms with Crippen LogP contribution in [0.4, 0.5) is 0 Å². The summed E-state index contributed by atoms with van der Waals surface area (Å²) in [7, 11) is -0.478. The monoisotopic (exact) mass is 385 g/mol. The number of amides is 1. The van der Waals surface area contributed by atoms with E-state index in [0.717, 1.165) is 31.3 Å². The van der Waals surface area contributed by atoms with Gasteiger partial charge in [-0.25, -0.2) is 0 Å². The summed E-state index contributed by atoms with van der Waals surface area (Å²) in [6.45, 7) is 9.85.